The summed E-state index contributed by atoms with van der Waals surface area (Å²) < 4.78 is 5.22. The Kier molecular flexibility index (Phi) is 8.53. The van der Waals surface area contributed by atoms with Crippen LogP contribution in [0.2, 0.25) is 0 Å². The Bertz CT molecular complexity index is 844. The smallest absolute Gasteiger partial charge is 0.335 e. The normalized spacial score (nSPS) is 21.3. The molecule has 2 unspecified atom stereocenters. The summed E-state index contributed by atoms with van der Waals surface area (Å²) in [6, 6.07) is 15.8. The average molecular weight is 427 g/mol. The molecule has 2 aromatic rings. The highest BCUT2D eigenvalue weighted by Crippen LogP contribution is 2.39. The van der Waals surface area contributed by atoms with Crippen LogP contribution >= 0.6 is 11.6 Å². The average Bonchev–Trinajstić information content (AvgIpc) is 3.10. The predicted molar refractivity (Wildman–Crippen MR) is 122 cm³/mol. The first-order valence-corrected chi connectivity index (χ1v) is 11.2. The predicted octanol–water partition coefficient (Wildman–Crippen LogP) is 6.29. The van der Waals surface area contributed by atoms with Crippen molar-refractivity contribution in [3.63, 3.8) is 0 Å². The van der Waals surface area contributed by atoms with E-state index in [1.165, 1.54) is 16.7 Å². The SMILES string of the molecule is COCc1cccc(CC/C=C/C2CCC(Cl)[C@@H]2CCc2ccc(C(=O)O)cc2)c1. The standard InChI is InChI=1S/C26H31ClO3/c1-30-18-21-7-4-6-20(17-21)5-2-3-8-22-14-16-25(27)24(22)15-11-19-9-12-23(13-10-19)26(28)29/h3-4,6-10,12-13,17,22,24-25H,2,5,11,14-16,18H2,1H3,(H,28,29)/b8-3+/t22?,24-,25?/m1/s1. The van der Waals surface area contributed by atoms with Gasteiger partial charge in [0.05, 0.1) is 12.2 Å². The summed E-state index contributed by atoms with van der Waals surface area (Å²) in [6.45, 7) is 0.656. The van der Waals surface area contributed by atoms with Crippen molar-refractivity contribution in [2.24, 2.45) is 11.8 Å². The van der Waals surface area contributed by atoms with Gasteiger partial charge in [0.25, 0.3) is 0 Å². The number of carboxylic acids is 1. The summed E-state index contributed by atoms with van der Waals surface area (Å²) in [5.74, 6) is 0.131. The molecule has 3 nitrogen and oxygen atoms in total. The Labute approximate surface area is 184 Å². The Morgan fingerprint density at radius 2 is 1.87 bits per heavy atom. The second-order valence-corrected chi connectivity index (χ2v) is 8.74. The number of aromatic carboxylic acids is 1. The number of aryl methyl sites for hydroxylation is 2. The first-order chi connectivity index (χ1) is 14.6. The highest BCUT2D eigenvalue weighted by atomic mass is 35.5. The van der Waals surface area contributed by atoms with Crippen molar-refractivity contribution >= 4 is 17.6 Å². The fourth-order valence-corrected chi connectivity index (χ4v) is 4.83. The molecule has 2 aromatic carbocycles. The summed E-state index contributed by atoms with van der Waals surface area (Å²) in [5, 5.41) is 9.26. The molecule has 0 amide bonds. The van der Waals surface area contributed by atoms with Gasteiger partial charge in [0.2, 0.25) is 0 Å². The molecule has 1 saturated carbocycles. The monoisotopic (exact) mass is 426 g/mol. The van der Waals surface area contributed by atoms with Crippen LogP contribution in [0.1, 0.15) is 52.7 Å². The van der Waals surface area contributed by atoms with Crippen molar-refractivity contribution in [1.29, 1.82) is 0 Å². The number of hydrogen-bond acceptors (Lipinski definition) is 2. The van der Waals surface area contributed by atoms with E-state index in [4.69, 9.17) is 21.4 Å². The molecular formula is C26H31ClO3. The van der Waals surface area contributed by atoms with Crippen molar-refractivity contribution in [2.45, 2.75) is 50.5 Å². The van der Waals surface area contributed by atoms with E-state index in [0.717, 1.165) is 38.5 Å². The van der Waals surface area contributed by atoms with Crippen molar-refractivity contribution in [3.8, 4) is 0 Å². The minimum atomic E-state index is -0.881. The van der Waals surface area contributed by atoms with Gasteiger partial charge >= 0.3 is 5.97 Å². The van der Waals surface area contributed by atoms with Gasteiger partial charge in [-0.15, -0.1) is 11.6 Å². The molecule has 3 atom stereocenters. The number of alkyl halides is 1. The number of carbonyl (C=O) groups is 1. The van der Waals surface area contributed by atoms with E-state index in [9.17, 15) is 4.79 Å². The molecule has 0 spiro atoms. The Balaban J connectivity index is 1.49. The van der Waals surface area contributed by atoms with Crippen molar-refractivity contribution in [1.82, 2.24) is 0 Å². The molecule has 1 fully saturated rings. The van der Waals surface area contributed by atoms with Crippen molar-refractivity contribution in [3.05, 3.63) is 82.9 Å². The largest absolute Gasteiger partial charge is 0.478 e. The third kappa shape index (κ3) is 6.45. The molecule has 0 bridgehead atoms. The molecule has 3 rings (SSSR count). The zero-order valence-electron chi connectivity index (χ0n) is 17.6. The second kappa shape index (κ2) is 11.3. The highest BCUT2D eigenvalue weighted by molar-refractivity contribution is 6.21. The first-order valence-electron chi connectivity index (χ1n) is 10.8. The zero-order valence-corrected chi connectivity index (χ0v) is 18.4. The molecule has 0 heterocycles. The van der Waals surface area contributed by atoms with Gasteiger partial charge in [0.1, 0.15) is 0 Å². The van der Waals surface area contributed by atoms with E-state index >= 15 is 0 Å². The zero-order chi connectivity index (χ0) is 21.3. The molecule has 30 heavy (non-hydrogen) atoms. The number of allylic oxidation sites excluding steroid dienone is 2. The highest BCUT2D eigenvalue weighted by Gasteiger charge is 2.32. The topological polar surface area (TPSA) is 46.5 Å². The maximum Gasteiger partial charge on any atom is 0.335 e. The van der Waals surface area contributed by atoms with Crippen LogP contribution in [0.15, 0.2) is 60.7 Å². The summed E-state index contributed by atoms with van der Waals surface area (Å²) >= 11 is 6.64. The van der Waals surface area contributed by atoms with Gasteiger partial charge in [-0.25, -0.2) is 4.79 Å². The van der Waals surface area contributed by atoms with Crippen LogP contribution in [0.4, 0.5) is 0 Å². The summed E-state index contributed by atoms with van der Waals surface area (Å²) in [6.07, 6.45) is 10.9. The summed E-state index contributed by atoms with van der Waals surface area (Å²) in [5.41, 5.74) is 4.08. The maximum atomic E-state index is 11.0. The van der Waals surface area contributed by atoms with Gasteiger partial charge in [-0.3, -0.25) is 0 Å². The number of methoxy groups -OCH3 is 1. The van der Waals surface area contributed by atoms with E-state index in [-0.39, 0.29) is 5.38 Å². The quantitative estimate of drug-likeness (QED) is 0.359. The van der Waals surface area contributed by atoms with E-state index < -0.39 is 5.97 Å². The molecule has 1 aliphatic rings. The van der Waals surface area contributed by atoms with Crippen LogP contribution in [0.3, 0.4) is 0 Å². The van der Waals surface area contributed by atoms with Gasteiger partial charge in [-0.2, -0.15) is 0 Å². The van der Waals surface area contributed by atoms with Crippen LogP contribution in [-0.4, -0.2) is 23.6 Å². The van der Waals surface area contributed by atoms with Gasteiger partial charge < -0.3 is 9.84 Å². The van der Waals surface area contributed by atoms with Gasteiger partial charge in [0.15, 0.2) is 0 Å². The Morgan fingerprint density at radius 1 is 1.10 bits per heavy atom. The third-order valence-corrected chi connectivity index (χ3v) is 6.58. The Morgan fingerprint density at radius 3 is 2.60 bits per heavy atom. The van der Waals surface area contributed by atoms with Gasteiger partial charge in [-0.1, -0.05) is 48.6 Å². The minimum absolute atomic E-state index is 0.226. The molecule has 0 aromatic heterocycles. The number of hydrogen-bond donors (Lipinski definition) is 1. The molecule has 4 heteroatoms. The van der Waals surface area contributed by atoms with Crippen LogP contribution in [0, 0.1) is 11.8 Å². The van der Waals surface area contributed by atoms with Crippen molar-refractivity contribution in [2.75, 3.05) is 7.11 Å². The van der Waals surface area contributed by atoms with E-state index in [2.05, 4.69) is 36.4 Å². The van der Waals surface area contributed by atoms with E-state index in [1.807, 2.05) is 12.1 Å². The lowest BCUT2D eigenvalue weighted by molar-refractivity contribution is 0.0697. The lowest BCUT2D eigenvalue weighted by Gasteiger charge is -2.19. The van der Waals surface area contributed by atoms with E-state index in [0.29, 0.717) is 24.0 Å². The van der Waals surface area contributed by atoms with Gasteiger partial charge in [0, 0.05) is 12.5 Å². The molecule has 0 aliphatic heterocycles. The van der Waals surface area contributed by atoms with Crippen LogP contribution in [0.5, 0.6) is 0 Å². The molecule has 1 aliphatic carbocycles. The third-order valence-electron chi connectivity index (χ3n) is 6.04. The Hall–Kier alpha value is -2.10. The maximum absolute atomic E-state index is 11.0. The number of ether oxygens (including phenoxy) is 1. The molecule has 160 valence electrons. The van der Waals surface area contributed by atoms with E-state index in [1.54, 1.807) is 19.2 Å². The fraction of sp³-hybridized carbons (Fsp3) is 0.423. The second-order valence-electron chi connectivity index (χ2n) is 8.18. The molecule has 0 radical (unpaired) electrons. The number of benzene rings is 2. The van der Waals surface area contributed by atoms with Crippen molar-refractivity contribution < 1.29 is 14.6 Å². The number of rotatable bonds is 10. The summed E-state index contributed by atoms with van der Waals surface area (Å²) in [7, 11) is 1.72. The first kappa shape index (κ1) is 22.6. The van der Waals surface area contributed by atoms with Gasteiger partial charge in [-0.05, 0) is 79.2 Å². The summed E-state index contributed by atoms with van der Waals surface area (Å²) in [4.78, 5) is 11.0. The minimum Gasteiger partial charge on any atom is -0.478 e. The lowest BCUT2D eigenvalue weighted by Crippen LogP contribution is -2.15. The molecule has 1 N–H and O–H groups in total. The fourth-order valence-electron chi connectivity index (χ4n) is 4.39. The lowest BCUT2D eigenvalue weighted by atomic mass is 9.89. The molecular weight excluding hydrogens is 396 g/mol. The van der Waals surface area contributed by atoms with Crippen LogP contribution in [-0.2, 0) is 24.2 Å². The molecule has 0 saturated heterocycles. The van der Waals surface area contributed by atoms with Crippen LogP contribution < -0.4 is 0 Å². The number of halogens is 1. The van der Waals surface area contributed by atoms with Crippen LogP contribution in [0.25, 0.3) is 0 Å². The number of carboxylic acid groups (broad SMARTS) is 1.